The molecule has 1 aliphatic heterocycles. The van der Waals surface area contributed by atoms with Crippen molar-refractivity contribution in [3.8, 4) is 0 Å². The van der Waals surface area contributed by atoms with E-state index in [1.807, 2.05) is 48.9 Å². The highest BCUT2D eigenvalue weighted by atomic mass is 16.1. The quantitative estimate of drug-likeness (QED) is 0.421. The van der Waals surface area contributed by atoms with Crippen LogP contribution in [0, 0.1) is 5.92 Å². The number of rotatable bonds is 6. The molecule has 0 saturated carbocycles. The van der Waals surface area contributed by atoms with Crippen LogP contribution in [0.1, 0.15) is 23.2 Å². The Morgan fingerprint density at radius 3 is 2.75 bits per heavy atom. The van der Waals surface area contributed by atoms with Crippen molar-refractivity contribution in [2.45, 2.75) is 12.8 Å². The molecule has 7 nitrogen and oxygen atoms in total. The molecule has 0 spiro atoms. The molecular formula is C25H26N6O. The lowest BCUT2D eigenvalue weighted by molar-refractivity contribution is 0.102. The SMILES string of the molecule is O=C(Nc1ccc2cc[nH]c2c1)c1cccnc1NCC1CCN(c2ccncc2)CC1. The van der Waals surface area contributed by atoms with Gasteiger partial charge < -0.3 is 20.5 Å². The Labute approximate surface area is 186 Å². The zero-order chi connectivity index (χ0) is 21.8. The first-order valence-corrected chi connectivity index (χ1v) is 11.0. The Hall–Kier alpha value is -3.87. The van der Waals surface area contributed by atoms with Crippen molar-refractivity contribution in [1.82, 2.24) is 15.0 Å². The summed E-state index contributed by atoms with van der Waals surface area (Å²) in [6, 6.07) is 15.6. The van der Waals surface area contributed by atoms with E-state index in [1.54, 1.807) is 12.3 Å². The maximum atomic E-state index is 12.9. The fourth-order valence-electron chi connectivity index (χ4n) is 4.24. The second-order valence-electron chi connectivity index (χ2n) is 8.15. The van der Waals surface area contributed by atoms with Crippen LogP contribution in [0.3, 0.4) is 0 Å². The molecule has 1 saturated heterocycles. The van der Waals surface area contributed by atoms with Gasteiger partial charge in [-0.25, -0.2) is 4.98 Å². The summed E-state index contributed by atoms with van der Waals surface area (Å²) in [5.74, 6) is 1.00. The van der Waals surface area contributed by atoms with Crippen LogP contribution < -0.4 is 15.5 Å². The Morgan fingerprint density at radius 1 is 1.06 bits per heavy atom. The molecule has 0 bridgehead atoms. The number of fused-ring (bicyclic) bond motifs is 1. The van der Waals surface area contributed by atoms with Gasteiger partial charge in [-0.3, -0.25) is 9.78 Å². The van der Waals surface area contributed by atoms with Crippen molar-refractivity contribution in [3.05, 3.63) is 78.9 Å². The van der Waals surface area contributed by atoms with Crippen molar-refractivity contribution in [2.24, 2.45) is 5.92 Å². The third-order valence-electron chi connectivity index (χ3n) is 6.07. The molecule has 1 amide bonds. The summed E-state index contributed by atoms with van der Waals surface area (Å²) >= 11 is 0. The van der Waals surface area contributed by atoms with E-state index in [1.165, 1.54) is 5.69 Å². The number of carbonyl (C=O) groups is 1. The van der Waals surface area contributed by atoms with Crippen LogP contribution in [0.15, 0.2) is 73.3 Å². The Kier molecular flexibility index (Phi) is 5.70. The van der Waals surface area contributed by atoms with Gasteiger partial charge in [-0.1, -0.05) is 6.07 Å². The minimum absolute atomic E-state index is 0.168. The molecule has 4 aromatic rings. The van der Waals surface area contributed by atoms with Gasteiger partial charge >= 0.3 is 0 Å². The highest BCUT2D eigenvalue weighted by molar-refractivity contribution is 6.08. The van der Waals surface area contributed by atoms with Crippen LogP contribution in [0.4, 0.5) is 17.2 Å². The fraction of sp³-hybridized carbons (Fsp3) is 0.240. The first-order chi connectivity index (χ1) is 15.8. The molecule has 4 heterocycles. The van der Waals surface area contributed by atoms with Gasteiger partial charge in [0.25, 0.3) is 5.91 Å². The topological polar surface area (TPSA) is 85.9 Å². The maximum absolute atomic E-state index is 12.9. The van der Waals surface area contributed by atoms with E-state index in [0.717, 1.165) is 49.1 Å². The molecule has 1 aromatic carbocycles. The van der Waals surface area contributed by atoms with Gasteiger partial charge in [0.1, 0.15) is 5.82 Å². The number of pyridine rings is 2. The summed E-state index contributed by atoms with van der Waals surface area (Å²) in [4.78, 5) is 27.1. The lowest BCUT2D eigenvalue weighted by atomic mass is 9.96. The van der Waals surface area contributed by atoms with Crippen LogP contribution in [0.25, 0.3) is 10.9 Å². The summed E-state index contributed by atoms with van der Waals surface area (Å²) < 4.78 is 0. The Morgan fingerprint density at radius 2 is 1.91 bits per heavy atom. The van der Waals surface area contributed by atoms with Crippen LogP contribution in [0.5, 0.6) is 0 Å². The average molecular weight is 427 g/mol. The summed E-state index contributed by atoms with van der Waals surface area (Å²) in [7, 11) is 0. The number of piperidine rings is 1. The van der Waals surface area contributed by atoms with Crippen molar-refractivity contribution in [1.29, 1.82) is 0 Å². The highest BCUT2D eigenvalue weighted by Crippen LogP contribution is 2.24. The maximum Gasteiger partial charge on any atom is 0.259 e. The predicted molar refractivity (Wildman–Crippen MR) is 128 cm³/mol. The number of nitrogens with zero attached hydrogens (tertiary/aromatic N) is 3. The lowest BCUT2D eigenvalue weighted by Crippen LogP contribution is -2.36. The number of hydrogen-bond acceptors (Lipinski definition) is 5. The molecular weight excluding hydrogens is 400 g/mol. The van der Waals surface area contributed by atoms with E-state index in [2.05, 4.69) is 42.6 Å². The van der Waals surface area contributed by atoms with E-state index in [9.17, 15) is 4.79 Å². The summed E-state index contributed by atoms with van der Waals surface area (Å²) in [6.45, 7) is 2.84. The first kappa shape index (κ1) is 20.1. The summed E-state index contributed by atoms with van der Waals surface area (Å²) in [6.07, 6.45) is 9.48. The van der Waals surface area contributed by atoms with E-state index in [4.69, 9.17) is 0 Å². The molecule has 5 rings (SSSR count). The number of H-pyrrole nitrogens is 1. The van der Waals surface area contributed by atoms with Gasteiger partial charge in [0.05, 0.1) is 5.56 Å². The number of carbonyl (C=O) groups excluding carboxylic acids is 1. The number of hydrogen-bond donors (Lipinski definition) is 3. The second-order valence-corrected chi connectivity index (χ2v) is 8.15. The van der Waals surface area contributed by atoms with Gasteiger partial charge in [0.2, 0.25) is 0 Å². The minimum atomic E-state index is -0.168. The normalized spacial score (nSPS) is 14.4. The van der Waals surface area contributed by atoms with Gasteiger partial charge in [-0.05, 0) is 66.6 Å². The third-order valence-corrected chi connectivity index (χ3v) is 6.07. The Balaban J connectivity index is 1.20. The molecule has 32 heavy (non-hydrogen) atoms. The van der Waals surface area contributed by atoms with Crippen molar-refractivity contribution >= 4 is 34.0 Å². The van der Waals surface area contributed by atoms with Crippen molar-refractivity contribution < 1.29 is 4.79 Å². The molecule has 0 atom stereocenters. The number of benzene rings is 1. The standard InChI is InChI=1S/C25H26N6O/c32-25(30-20-4-3-19-5-13-27-23(19)16-20)22-2-1-10-28-24(22)29-17-18-8-14-31(15-9-18)21-6-11-26-12-7-21/h1-7,10-13,16,18,27H,8-9,14-15,17H2,(H,28,29)(H,30,32). The van der Waals surface area contributed by atoms with E-state index in [0.29, 0.717) is 17.3 Å². The monoisotopic (exact) mass is 426 g/mol. The van der Waals surface area contributed by atoms with Gasteiger partial charge in [0, 0.05) is 61.3 Å². The summed E-state index contributed by atoms with van der Waals surface area (Å²) in [5.41, 5.74) is 3.52. The average Bonchev–Trinajstić information content (AvgIpc) is 3.32. The lowest BCUT2D eigenvalue weighted by Gasteiger charge is -2.33. The molecule has 3 N–H and O–H groups in total. The molecule has 0 aliphatic carbocycles. The van der Waals surface area contributed by atoms with Gasteiger partial charge in [0.15, 0.2) is 0 Å². The number of nitrogens with one attached hydrogen (secondary N) is 3. The fourth-order valence-corrected chi connectivity index (χ4v) is 4.24. The van der Waals surface area contributed by atoms with Gasteiger partial charge in [-0.15, -0.1) is 0 Å². The third kappa shape index (κ3) is 4.42. The number of aromatic nitrogens is 3. The number of amides is 1. The molecule has 0 unspecified atom stereocenters. The second kappa shape index (κ2) is 9.09. The van der Waals surface area contributed by atoms with Gasteiger partial charge in [-0.2, -0.15) is 0 Å². The van der Waals surface area contributed by atoms with Crippen LogP contribution in [0.2, 0.25) is 0 Å². The Bertz CT molecular complexity index is 1200. The highest BCUT2D eigenvalue weighted by Gasteiger charge is 2.20. The zero-order valence-electron chi connectivity index (χ0n) is 17.8. The van der Waals surface area contributed by atoms with Crippen molar-refractivity contribution in [2.75, 3.05) is 35.2 Å². The first-order valence-electron chi connectivity index (χ1n) is 11.0. The number of aromatic amines is 1. The van der Waals surface area contributed by atoms with Crippen LogP contribution in [-0.4, -0.2) is 40.5 Å². The van der Waals surface area contributed by atoms with Crippen LogP contribution in [-0.2, 0) is 0 Å². The smallest absolute Gasteiger partial charge is 0.259 e. The molecule has 3 aromatic heterocycles. The molecule has 162 valence electrons. The van der Waals surface area contributed by atoms with Crippen LogP contribution >= 0.6 is 0 Å². The predicted octanol–water partition coefficient (Wildman–Crippen LogP) is 4.54. The molecule has 7 heteroatoms. The minimum Gasteiger partial charge on any atom is -0.371 e. The van der Waals surface area contributed by atoms with E-state index in [-0.39, 0.29) is 5.91 Å². The van der Waals surface area contributed by atoms with E-state index >= 15 is 0 Å². The molecule has 0 radical (unpaired) electrons. The zero-order valence-corrected chi connectivity index (χ0v) is 17.8. The van der Waals surface area contributed by atoms with Crippen molar-refractivity contribution in [3.63, 3.8) is 0 Å². The van der Waals surface area contributed by atoms with E-state index < -0.39 is 0 Å². The number of anilines is 3. The molecule has 1 fully saturated rings. The molecule has 1 aliphatic rings. The summed E-state index contributed by atoms with van der Waals surface area (Å²) in [5, 5.41) is 7.53. The largest absolute Gasteiger partial charge is 0.371 e.